The maximum Gasteiger partial charge on any atom is 0.151 e. The molecular formula is C13H21N3. The Bertz CT molecular complexity index is 356. The maximum atomic E-state index is 4.40. The van der Waals surface area contributed by atoms with Gasteiger partial charge < -0.3 is 5.32 Å². The third-order valence-corrected chi connectivity index (χ3v) is 2.40. The number of nitrogens with zero attached hydrogens (tertiary/aromatic N) is 2. The second kappa shape index (κ2) is 5.64. The van der Waals surface area contributed by atoms with E-state index in [1.807, 2.05) is 12.3 Å². The van der Waals surface area contributed by atoms with Gasteiger partial charge in [0.1, 0.15) is 5.69 Å². The minimum absolute atomic E-state index is 0.465. The topological polar surface area (TPSA) is 37.3 Å². The number of aliphatic imine (C=N–C) groups is 1. The molecule has 0 aliphatic heterocycles. The molecule has 3 heteroatoms. The van der Waals surface area contributed by atoms with Crippen LogP contribution >= 0.6 is 0 Å². The zero-order valence-corrected chi connectivity index (χ0v) is 10.6. The van der Waals surface area contributed by atoms with E-state index in [1.165, 1.54) is 5.56 Å². The van der Waals surface area contributed by atoms with E-state index in [0.29, 0.717) is 11.8 Å². The second-order valence-electron chi connectivity index (χ2n) is 4.72. The van der Waals surface area contributed by atoms with Crippen molar-refractivity contribution >= 4 is 18.2 Å². The van der Waals surface area contributed by atoms with Gasteiger partial charge in [-0.25, -0.2) is 4.98 Å². The molecule has 0 spiro atoms. The van der Waals surface area contributed by atoms with Crippen molar-refractivity contribution in [3.8, 4) is 0 Å². The highest BCUT2D eigenvalue weighted by molar-refractivity contribution is 5.64. The summed E-state index contributed by atoms with van der Waals surface area (Å²) in [7, 11) is 0. The van der Waals surface area contributed by atoms with Gasteiger partial charge in [-0.15, -0.1) is 0 Å². The van der Waals surface area contributed by atoms with E-state index in [1.54, 1.807) is 0 Å². The predicted octanol–water partition coefficient (Wildman–Crippen LogP) is 3.61. The van der Waals surface area contributed by atoms with Crippen LogP contribution in [0.3, 0.4) is 0 Å². The van der Waals surface area contributed by atoms with Crippen LogP contribution in [0.1, 0.15) is 39.2 Å². The lowest BCUT2D eigenvalue weighted by atomic mass is 10.1. The Morgan fingerprint density at radius 3 is 2.56 bits per heavy atom. The summed E-state index contributed by atoms with van der Waals surface area (Å²) in [6.07, 6.45) is 1.90. The molecule has 0 radical (unpaired) electrons. The molecule has 0 aromatic carbocycles. The Balaban J connectivity index is 2.89. The van der Waals surface area contributed by atoms with E-state index in [9.17, 15) is 0 Å². The van der Waals surface area contributed by atoms with Crippen molar-refractivity contribution in [2.45, 2.75) is 33.6 Å². The number of aromatic nitrogens is 1. The predicted molar refractivity (Wildman–Crippen MR) is 70.9 cm³/mol. The zero-order valence-electron chi connectivity index (χ0n) is 10.6. The number of hydrogen-bond acceptors (Lipinski definition) is 3. The molecule has 0 saturated heterocycles. The van der Waals surface area contributed by atoms with Gasteiger partial charge in [0, 0.05) is 12.7 Å². The van der Waals surface area contributed by atoms with Crippen LogP contribution < -0.4 is 5.32 Å². The molecule has 0 amide bonds. The summed E-state index contributed by atoms with van der Waals surface area (Å²) in [6.45, 7) is 13.1. The Morgan fingerprint density at radius 2 is 2.06 bits per heavy atom. The Labute approximate surface area is 98.0 Å². The molecule has 0 aliphatic carbocycles. The van der Waals surface area contributed by atoms with Crippen molar-refractivity contribution < 1.29 is 0 Å². The molecule has 3 nitrogen and oxygen atoms in total. The number of nitrogens with one attached hydrogen (secondary N) is 1. The summed E-state index contributed by atoms with van der Waals surface area (Å²) in [5.74, 6) is 1.88. The largest absolute Gasteiger partial charge is 0.368 e. The van der Waals surface area contributed by atoms with Gasteiger partial charge in [0.25, 0.3) is 0 Å². The van der Waals surface area contributed by atoms with Crippen molar-refractivity contribution in [3.63, 3.8) is 0 Å². The number of anilines is 1. The van der Waals surface area contributed by atoms with Crippen molar-refractivity contribution in [1.29, 1.82) is 0 Å². The van der Waals surface area contributed by atoms with Crippen molar-refractivity contribution in [3.05, 3.63) is 17.8 Å². The zero-order chi connectivity index (χ0) is 12.1. The van der Waals surface area contributed by atoms with E-state index >= 15 is 0 Å². The van der Waals surface area contributed by atoms with E-state index < -0.39 is 0 Å². The molecule has 1 N–H and O–H groups in total. The smallest absolute Gasteiger partial charge is 0.151 e. The molecule has 0 unspecified atom stereocenters. The molecular weight excluding hydrogens is 198 g/mol. The average Bonchev–Trinajstić information content (AvgIpc) is 2.25. The molecule has 0 saturated carbocycles. The molecule has 0 bridgehead atoms. The second-order valence-corrected chi connectivity index (χ2v) is 4.72. The lowest BCUT2D eigenvalue weighted by Gasteiger charge is -2.12. The first kappa shape index (κ1) is 12.7. The summed E-state index contributed by atoms with van der Waals surface area (Å²) in [5, 5.41) is 3.28. The van der Waals surface area contributed by atoms with Gasteiger partial charge in [-0.05, 0) is 30.2 Å². The molecule has 1 heterocycles. The van der Waals surface area contributed by atoms with Crippen LogP contribution in [0, 0.1) is 5.92 Å². The lowest BCUT2D eigenvalue weighted by Crippen LogP contribution is -2.09. The van der Waals surface area contributed by atoms with Crippen LogP contribution in [0.4, 0.5) is 11.5 Å². The number of pyridine rings is 1. The summed E-state index contributed by atoms with van der Waals surface area (Å²) in [4.78, 5) is 8.41. The average molecular weight is 219 g/mol. The normalized spacial score (nSPS) is 10.9. The van der Waals surface area contributed by atoms with Crippen molar-refractivity contribution in [2.24, 2.45) is 10.9 Å². The van der Waals surface area contributed by atoms with Gasteiger partial charge in [0.05, 0.1) is 0 Å². The SMILES string of the molecule is C=Nc1cc(C(C)C)cnc1NCC(C)C. The van der Waals surface area contributed by atoms with Crippen molar-refractivity contribution in [1.82, 2.24) is 4.98 Å². The molecule has 1 rings (SSSR count). The first-order valence-corrected chi connectivity index (χ1v) is 5.75. The summed E-state index contributed by atoms with van der Waals surface area (Å²) in [6, 6.07) is 2.05. The molecule has 16 heavy (non-hydrogen) atoms. The minimum atomic E-state index is 0.465. The number of hydrogen-bond donors (Lipinski definition) is 1. The van der Waals surface area contributed by atoms with Gasteiger partial charge in [0.2, 0.25) is 0 Å². The molecule has 1 aromatic heterocycles. The lowest BCUT2D eigenvalue weighted by molar-refractivity contribution is 0.687. The Kier molecular flexibility index (Phi) is 4.47. The van der Waals surface area contributed by atoms with Crippen LogP contribution in [0.15, 0.2) is 17.3 Å². The fourth-order valence-corrected chi connectivity index (χ4v) is 1.34. The monoisotopic (exact) mass is 219 g/mol. The highest BCUT2D eigenvalue weighted by Crippen LogP contribution is 2.26. The quantitative estimate of drug-likeness (QED) is 0.768. The van der Waals surface area contributed by atoms with E-state index in [0.717, 1.165) is 18.1 Å². The summed E-state index contributed by atoms with van der Waals surface area (Å²) >= 11 is 0. The van der Waals surface area contributed by atoms with Crippen LogP contribution in [0.25, 0.3) is 0 Å². The molecule has 0 fully saturated rings. The molecule has 88 valence electrons. The molecule has 0 atom stereocenters. The third-order valence-electron chi connectivity index (χ3n) is 2.40. The van der Waals surface area contributed by atoms with Crippen LogP contribution in [-0.4, -0.2) is 18.2 Å². The van der Waals surface area contributed by atoms with Gasteiger partial charge in [0.15, 0.2) is 5.82 Å². The van der Waals surface area contributed by atoms with E-state index in [2.05, 4.69) is 49.7 Å². The highest BCUT2D eigenvalue weighted by Gasteiger charge is 2.06. The highest BCUT2D eigenvalue weighted by atomic mass is 15.0. The van der Waals surface area contributed by atoms with Gasteiger partial charge in [-0.3, -0.25) is 4.99 Å². The fourth-order valence-electron chi connectivity index (χ4n) is 1.34. The van der Waals surface area contributed by atoms with E-state index in [-0.39, 0.29) is 0 Å². The molecule has 1 aromatic rings. The number of rotatable bonds is 5. The summed E-state index contributed by atoms with van der Waals surface area (Å²) in [5.41, 5.74) is 2.03. The van der Waals surface area contributed by atoms with Gasteiger partial charge >= 0.3 is 0 Å². The Hall–Kier alpha value is -1.38. The minimum Gasteiger partial charge on any atom is -0.368 e. The van der Waals surface area contributed by atoms with Crippen LogP contribution in [0.2, 0.25) is 0 Å². The third kappa shape index (κ3) is 3.33. The van der Waals surface area contributed by atoms with Crippen LogP contribution in [-0.2, 0) is 0 Å². The Morgan fingerprint density at radius 1 is 1.38 bits per heavy atom. The first-order valence-electron chi connectivity index (χ1n) is 5.75. The van der Waals surface area contributed by atoms with Crippen molar-refractivity contribution in [2.75, 3.05) is 11.9 Å². The first-order chi connectivity index (χ1) is 7.54. The standard InChI is InChI=1S/C13H21N3/c1-9(2)7-15-13-12(14-5)6-11(8-16-13)10(3)4/h6,8-10H,5,7H2,1-4H3,(H,15,16). The van der Waals surface area contributed by atoms with Gasteiger partial charge in [-0.2, -0.15) is 0 Å². The maximum absolute atomic E-state index is 4.40. The van der Waals surface area contributed by atoms with Gasteiger partial charge in [-0.1, -0.05) is 27.7 Å². The van der Waals surface area contributed by atoms with E-state index in [4.69, 9.17) is 0 Å². The summed E-state index contributed by atoms with van der Waals surface area (Å²) < 4.78 is 0. The van der Waals surface area contributed by atoms with Crippen LogP contribution in [0.5, 0.6) is 0 Å². The molecule has 0 aliphatic rings. The fraction of sp³-hybridized carbons (Fsp3) is 0.538.